The fourth-order valence-corrected chi connectivity index (χ4v) is 2.46. The number of H-pyrrole nitrogens is 1. The molecule has 8 nitrogen and oxygen atoms in total. The van der Waals surface area contributed by atoms with Crippen LogP contribution in [0.5, 0.6) is 0 Å². The molecule has 4 rings (SSSR count). The molecule has 0 atom stereocenters. The maximum absolute atomic E-state index is 7.97. The molecule has 2 heterocycles. The van der Waals surface area contributed by atoms with Crippen LogP contribution in [0.4, 0.5) is 6.01 Å². The Hall–Kier alpha value is -3.81. The predicted octanol–water partition coefficient (Wildman–Crippen LogP) is 3.47. The molecule has 0 saturated heterocycles. The molecular weight excluding hydrogens is 330 g/mol. The van der Waals surface area contributed by atoms with Crippen LogP contribution < -0.4 is 5.43 Å². The van der Waals surface area contributed by atoms with Crippen LogP contribution >= 0.6 is 0 Å². The second-order valence-electron chi connectivity index (χ2n) is 5.59. The van der Waals surface area contributed by atoms with Crippen molar-refractivity contribution < 1.29 is 4.52 Å². The van der Waals surface area contributed by atoms with Gasteiger partial charge in [0.1, 0.15) is 5.71 Å². The van der Waals surface area contributed by atoms with Gasteiger partial charge in [-0.15, -0.1) is 0 Å². The van der Waals surface area contributed by atoms with Crippen molar-refractivity contribution in [3.05, 3.63) is 60.4 Å². The Morgan fingerprint density at radius 1 is 1.08 bits per heavy atom. The molecule has 2 aromatic carbocycles. The highest BCUT2D eigenvalue weighted by atomic mass is 16.5. The third-order valence-electron chi connectivity index (χ3n) is 3.69. The highest BCUT2D eigenvalue weighted by Gasteiger charge is 2.13. The summed E-state index contributed by atoms with van der Waals surface area (Å²) in [6.07, 6.45) is 0. The largest absolute Gasteiger partial charge is 0.342 e. The summed E-state index contributed by atoms with van der Waals surface area (Å²) in [4.78, 5) is 11.9. The molecule has 8 heteroatoms. The van der Waals surface area contributed by atoms with E-state index in [0.29, 0.717) is 17.4 Å². The Morgan fingerprint density at radius 3 is 2.62 bits per heavy atom. The van der Waals surface area contributed by atoms with Crippen LogP contribution in [-0.2, 0) is 0 Å². The number of hydrogen-bond acceptors (Lipinski definition) is 7. The first kappa shape index (κ1) is 15.7. The zero-order chi connectivity index (χ0) is 17.9. The Balaban J connectivity index is 1.61. The number of anilines is 1. The van der Waals surface area contributed by atoms with Crippen molar-refractivity contribution in [3.63, 3.8) is 0 Å². The van der Waals surface area contributed by atoms with E-state index >= 15 is 0 Å². The number of hydrazone groups is 1. The van der Waals surface area contributed by atoms with Gasteiger partial charge < -0.3 is 14.9 Å². The second-order valence-corrected chi connectivity index (χ2v) is 5.59. The lowest BCUT2D eigenvalue weighted by molar-refractivity contribution is 0.433. The quantitative estimate of drug-likeness (QED) is 0.378. The smallest absolute Gasteiger partial charge is 0.337 e. The van der Waals surface area contributed by atoms with Crippen LogP contribution in [0, 0.1) is 5.41 Å². The average Bonchev–Trinajstić information content (AvgIpc) is 3.29. The normalized spacial score (nSPS) is 11.7. The Kier molecular flexibility index (Phi) is 3.98. The molecule has 0 fully saturated rings. The Bertz CT molecular complexity index is 1060. The topological polar surface area (TPSA) is 116 Å². The van der Waals surface area contributed by atoms with E-state index in [0.717, 1.165) is 16.6 Å². The molecule has 128 valence electrons. The second kappa shape index (κ2) is 6.60. The molecule has 0 bridgehead atoms. The lowest BCUT2D eigenvalue weighted by Gasteiger charge is -2.00. The summed E-state index contributed by atoms with van der Waals surface area (Å²) >= 11 is 0. The lowest BCUT2D eigenvalue weighted by atomic mass is 10.2. The number of hydrogen-bond donors (Lipinski definition) is 3. The average molecular weight is 345 g/mol. The van der Waals surface area contributed by atoms with E-state index in [2.05, 4.69) is 30.6 Å². The van der Waals surface area contributed by atoms with E-state index in [4.69, 9.17) is 9.93 Å². The molecule has 0 aliphatic heterocycles. The fraction of sp³-hybridized carbons (Fsp3) is 0.0556. The zero-order valence-electron chi connectivity index (χ0n) is 13.9. The fourth-order valence-electron chi connectivity index (χ4n) is 2.46. The molecule has 0 unspecified atom stereocenters. The molecule has 26 heavy (non-hydrogen) atoms. The van der Waals surface area contributed by atoms with Crippen molar-refractivity contribution in [3.8, 4) is 11.4 Å². The van der Waals surface area contributed by atoms with Gasteiger partial charge in [0.05, 0.1) is 16.7 Å². The van der Waals surface area contributed by atoms with Crippen LogP contribution in [0.3, 0.4) is 0 Å². The molecule has 0 amide bonds. The summed E-state index contributed by atoms with van der Waals surface area (Å²) in [5, 5.41) is 16.1. The van der Waals surface area contributed by atoms with Crippen LogP contribution in [0.25, 0.3) is 22.4 Å². The number of para-hydroxylation sites is 2. The lowest BCUT2D eigenvalue weighted by Crippen LogP contribution is -2.15. The van der Waals surface area contributed by atoms with Crippen molar-refractivity contribution in [2.75, 3.05) is 5.43 Å². The predicted molar refractivity (Wildman–Crippen MR) is 99.4 cm³/mol. The minimum atomic E-state index is 0.138. The molecule has 0 aliphatic rings. The molecule has 0 radical (unpaired) electrons. The number of rotatable bonds is 5. The number of nitrogens with one attached hydrogen (secondary N) is 3. The van der Waals surface area contributed by atoms with E-state index in [1.807, 2.05) is 54.6 Å². The molecule has 0 aliphatic carbocycles. The van der Waals surface area contributed by atoms with Crippen LogP contribution in [0.2, 0.25) is 0 Å². The van der Waals surface area contributed by atoms with Gasteiger partial charge in [0.15, 0.2) is 5.82 Å². The van der Waals surface area contributed by atoms with E-state index in [1.54, 1.807) is 6.92 Å². The van der Waals surface area contributed by atoms with Gasteiger partial charge in [-0.2, -0.15) is 10.1 Å². The number of nitrogens with zero attached hydrogens (tertiary/aromatic N) is 4. The zero-order valence-corrected chi connectivity index (χ0v) is 13.9. The first-order valence-corrected chi connectivity index (χ1v) is 7.94. The van der Waals surface area contributed by atoms with E-state index in [1.165, 1.54) is 0 Å². The van der Waals surface area contributed by atoms with Gasteiger partial charge in [0, 0.05) is 5.56 Å². The number of aromatic amines is 1. The highest BCUT2D eigenvalue weighted by molar-refractivity contribution is 6.45. The molecule has 0 spiro atoms. The number of benzene rings is 2. The van der Waals surface area contributed by atoms with Gasteiger partial charge in [-0.1, -0.05) is 47.6 Å². The summed E-state index contributed by atoms with van der Waals surface area (Å²) in [5.74, 6) is 0.953. The highest BCUT2D eigenvalue weighted by Crippen LogP contribution is 2.17. The van der Waals surface area contributed by atoms with Crippen LogP contribution in [0.15, 0.2) is 64.2 Å². The standard InChI is InChI=1S/C18H15N7O/c1-11(19)15(17-20-13-9-5-6-10-14(13)21-17)23-24-18-22-16(25-26-18)12-7-3-2-4-8-12/h2-10,19H,1H3,(H,20,21)(H,22,24,25). The molecule has 2 aromatic heterocycles. The van der Waals surface area contributed by atoms with Crippen molar-refractivity contribution >= 4 is 28.5 Å². The maximum atomic E-state index is 7.97. The maximum Gasteiger partial charge on any atom is 0.342 e. The summed E-state index contributed by atoms with van der Waals surface area (Å²) in [7, 11) is 0. The minimum Gasteiger partial charge on any atom is -0.337 e. The van der Waals surface area contributed by atoms with Gasteiger partial charge >= 0.3 is 6.01 Å². The van der Waals surface area contributed by atoms with E-state index < -0.39 is 0 Å². The third kappa shape index (κ3) is 3.07. The van der Waals surface area contributed by atoms with Crippen LogP contribution in [0.1, 0.15) is 12.7 Å². The minimum absolute atomic E-state index is 0.138. The van der Waals surface area contributed by atoms with Crippen molar-refractivity contribution in [2.45, 2.75) is 6.92 Å². The third-order valence-corrected chi connectivity index (χ3v) is 3.69. The van der Waals surface area contributed by atoms with Gasteiger partial charge in [0.25, 0.3) is 0 Å². The summed E-state index contributed by atoms with van der Waals surface area (Å²) < 4.78 is 5.16. The van der Waals surface area contributed by atoms with Crippen molar-refractivity contribution in [1.29, 1.82) is 5.41 Å². The molecule has 4 aromatic rings. The van der Waals surface area contributed by atoms with Crippen molar-refractivity contribution in [2.24, 2.45) is 5.10 Å². The molecule has 3 N–H and O–H groups in total. The van der Waals surface area contributed by atoms with Gasteiger partial charge in [-0.05, 0) is 19.1 Å². The van der Waals surface area contributed by atoms with Gasteiger partial charge in [-0.25, -0.2) is 10.4 Å². The summed E-state index contributed by atoms with van der Waals surface area (Å²) in [5.41, 5.74) is 5.84. The Labute approximate surface area is 148 Å². The molecule has 0 saturated carbocycles. The number of imidazole rings is 1. The first-order valence-electron chi connectivity index (χ1n) is 7.94. The first-order chi connectivity index (χ1) is 12.7. The van der Waals surface area contributed by atoms with E-state index in [9.17, 15) is 0 Å². The Morgan fingerprint density at radius 2 is 1.85 bits per heavy atom. The molecular formula is C18H15N7O. The number of fused-ring (bicyclic) bond motifs is 1. The van der Waals surface area contributed by atoms with E-state index in [-0.39, 0.29) is 11.7 Å². The SMILES string of the molecule is CC(=N)C(=NNc1nc(-c2ccccc2)no1)c1nc2ccccc2[nH]1. The van der Waals surface area contributed by atoms with Gasteiger partial charge in [-0.3, -0.25) is 0 Å². The number of aromatic nitrogens is 4. The van der Waals surface area contributed by atoms with Crippen molar-refractivity contribution in [1.82, 2.24) is 20.1 Å². The van der Waals surface area contributed by atoms with Crippen LogP contribution in [-0.4, -0.2) is 31.5 Å². The van der Waals surface area contributed by atoms with Gasteiger partial charge in [0.2, 0.25) is 5.82 Å². The summed E-state index contributed by atoms with van der Waals surface area (Å²) in [6.45, 7) is 1.64. The monoisotopic (exact) mass is 345 g/mol. The summed E-state index contributed by atoms with van der Waals surface area (Å²) in [6, 6.07) is 17.3.